The molecule has 2 aromatic rings. The van der Waals surface area contributed by atoms with E-state index >= 15 is 0 Å². The van der Waals surface area contributed by atoms with Crippen LogP contribution < -0.4 is 5.32 Å². The van der Waals surface area contributed by atoms with E-state index in [-0.39, 0.29) is 23.3 Å². The summed E-state index contributed by atoms with van der Waals surface area (Å²) in [5, 5.41) is 2.92. The molecule has 2 fully saturated rings. The zero-order chi connectivity index (χ0) is 17.6. The van der Waals surface area contributed by atoms with Crippen molar-refractivity contribution in [3.05, 3.63) is 24.2 Å². The van der Waals surface area contributed by atoms with Crippen LogP contribution in [0.4, 0.5) is 0 Å². The number of nitrogens with one attached hydrogen (secondary N) is 1. The van der Waals surface area contributed by atoms with Crippen molar-refractivity contribution in [2.24, 2.45) is 5.41 Å². The molecule has 0 unspecified atom stereocenters. The summed E-state index contributed by atoms with van der Waals surface area (Å²) in [4.78, 5) is 35.0. The Hall–Kier alpha value is -2.44. The highest BCUT2D eigenvalue weighted by molar-refractivity contribution is 5.96. The number of piperidine rings is 1. The highest BCUT2D eigenvalue weighted by atomic mass is 16.2. The second kappa shape index (κ2) is 5.82. The van der Waals surface area contributed by atoms with Crippen molar-refractivity contribution in [2.45, 2.75) is 39.2 Å². The number of hydrogen-bond acceptors (Lipinski definition) is 4. The number of carbonyl (C=O) groups excluding carboxylic acids is 2. The predicted octanol–water partition coefficient (Wildman–Crippen LogP) is 1.75. The van der Waals surface area contributed by atoms with E-state index in [4.69, 9.17) is 0 Å². The Morgan fingerprint density at radius 1 is 1.28 bits per heavy atom. The molecule has 1 spiro atoms. The lowest BCUT2D eigenvalue weighted by atomic mass is 9.77. The number of pyridine rings is 1. The number of fused-ring (bicyclic) bond motifs is 1. The summed E-state index contributed by atoms with van der Waals surface area (Å²) in [5.41, 5.74) is 2.18. The van der Waals surface area contributed by atoms with Crippen molar-refractivity contribution < 1.29 is 9.59 Å². The maximum absolute atomic E-state index is 12.8. The Bertz CT molecular complexity index is 833. The molecule has 7 nitrogen and oxygen atoms in total. The molecule has 2 saturated heterocycles. The van der Waals surface area contributed by atoms with E-state index in [1.165, 1.54) is 0 Å². The number of amides is 2. The fraction of sp³-hybridized carbons (Fsp3) is 0.556. The van der Waals surface area contributed by atoms with Gasteiger partial charge in [-0.1, -0.05) is 0 Å². The second-order valence-electron chi connectivity index (χ2n) is 7.56. The van der Waals surface area contributed by atoms with Crippen molar-refractivity contribution in [1.82, 2.24) is 24.8 Å². The molecule has 0 saturated carbocycles. The highest BCUT2D eigenvalue weighted by Crippen LogP contribution is 2.37. The van der Waals surface area contributed by atoms with Crippen LogP contribution in [-0.2, 0) is 4.79 Å². The van der Waals surface area contributed by atoms with Crippen LogP contribution in [0.25, 0.3) is 11.2 Å². The summed E-state index contributed by atoms with van der Waals surface area (Å²) in [5.74, 6) is 0.135. The third-order valence-electron chi connectivity index (χ3n) is 5.52. The lowest BCUT2D eigenvalue weighted by Gasteiger charge is -2.38. The monoisotopic (exact) mass is 341 g/mol. The molecule has 2 aromatic heterocycles. The average Bonchev–Trinajstić information content (AvgIpc) is 3.18. The normalized spacial score (nSPS) is 19.8. The van der Waals surface area contributed by atoms with E-state index in [0.29, 0.717) is 25.1 Å². The molecule has 4 rings (SSSR count). The standard InChI is InChI=1S/C18H23N5O2/c1-12(2)23-11-21-14-7-13(9-19-16(14)23)17(25)22-5-3-18(4-6-22)8-15(24)20-10-18/h7,9,11-12H,3-6,8,10H2,1-2H3,(H,20,24). The first-order chi connectivity index (χ1) is 12.0. The summed E-state index contributed by atoms with van der Waals surface area (Å²) in [7, 11) is 0. The smallest absolute Gasteiger partial charge is 0.255 e. The molecule has 0 aliphatic carbocycles. The van der Waals surface area contributed by atoms with Crippen LogP contribution in [0.2, 0.25) is 0 Å². The number of nitrogens with zero attached hydrogens (tertiary/aromatic N) is 4. The van der Waals surface area contributed by atoms with Gasteiger partial charge in [0.25, 0.3) is 5.91 Å². The molecule has 2 aliphatic heterocycles. The van der Waals surface area contributed by atoms with Gasteiger partial charge >= 0.3 is 0 Å². The molecule has 0 radical (unpaired) electrons. The Balaban J connectivity index is 1.50. The van der Waals surface area contributed by atoms with E-state index in [1.54, 1.807) is 12.5 Å². The fourth-order valence-corrected chi connectivity index (χ4v) is 3.89. The molecule has 25 heavy (non-hydrogen) atoms. The maximum atomic E-state index is 12.8. The Kier molecular flexibility index (Phi) is 3.74. The quantitative estimate of drug-likeness (QED) is 0.902. The van der Waals surface area contributed by atoms with Crippen LogP contribution in [0.3, 0.4) is 0 Å². The van der Waals surface area contributed by atoms with Crippen molar-refractivity contribution in [3.63, 3.8) is 0 Å². The molecule has 0 atom stereocenters. The van der Waals surface area contributed by atoms with E-state index in [9.17, 15) is 9.59 Å². The Morgan fingerprint density at radius 2 is 2.04 bits per heavy atom. The minimum absolute atomic E-state index is 0.000583. The molecular formula is C18H23N5O2. The lowest BCUT2D eigenvalue weighted by Crippen LogP contribution is -2.44. The number of imidazole rings is 1. The number of aromatic nitrogens is 3. The van der Waals surface area contributed by atoms with Gasteiger partial charge in [0.2, 0.25) is 5.91 Å². The molecule has 1 N–H and O–H groups in total. The molecule has 0 bridgehead atoms. The largest absolute Gasteiger partial charge is 0.356 e. The molecule has 4 heterocycles. The van der Waals surface area contributed by atoms with E-state index in [0.717, 1.165) is 30.6 Å². The zero-order valence-corrected chi connectivity index (χ0v) is 14.7. The molecule has 2 aliphatic rings. The topological polar surface area (TPSA) is 80.1 Å². The number of rotatable bonds is 2. The first kappa shape index (κ1) is 16.1. The van der Waals surface area contributed by atoms with E-state index in [1.807, 2.05) is 15.5 Å². The zero-order valence-electron chi connectivity index (χ0n) is 14.7. The van der Waals surface area contributed by atoms with Crippen LogP contribution in [0, 0.1) is 5.41 Å². The highest BCUT2D eigenvalue weighted by Gasteiger charge is 2.41. The lowest BCUT2D eigenvalue weighted by molar-refractivity contribution is -0.119. The molecule has 2 amide bonds. The summed E-state index contributed by atoms with van der Waals surface area (Å²) in [6.07, 6.45) is 5.75. The van der Waals surface area contributed by atoms with Crippen molar-refractivity contribution in [2.75, 3.05) is 19.6 Å². The van der Waals surface area contributed by atoms with Gasteiger partial charge in [-0.2, -0.15) is 0 Å². The van der Waals surface area contributed by atoms with Crippen LogP contribution in [0.1, 0.15) is 49.5 Å². The first-order valence-electron chi connectivity index (χ1n) is 8.86. The summed E-state index contributed by atoms with van der Waals surface area (Å²) >= 11 is 0. The van der Waals surface area contributed by atoms with Gasteiger partial charge in [0.1, 0.15) is 5.52 Å². The average molecular weight is 341 g/mol. The minimum atomic E-state index is 0.000583. The van der Waals surface area contributed by atoms with Crippen molar-refractivity contribution >= 4 is 23.0 Å². The van der Waals surface area contributed by atoms with Gasteiger partial charge in [-0.3, -0.25) is 9.59 Å². The predicted molar refractivity (Wildman–Crippen MR) is 93.1 cm³/mol. The van der Waals surface area contributed by atoms with Gasteiger partial charge in [-0.15, -0.1) is 0 Å². The Morgan fingerprint density at radius 3 is 2.68 bits per heavy atom. The summed E-state index contributed by atoms with van der Waals surface area (Å²) in [6, 6.07) is 2.11. The van der Waals surface area contributed by atoms with E-state index < -0.39 is 0 Å². The number of likely N-dealkylation sites (tertiary alicyclic amines) is 1. The van der Waals surface area contributed by atoms with Gasteiger partial charge < -0.3 is 14.8 Å². The van der Waals surface area contributed by atoms with Crippen LogP contribution in [-0.4, -0.2) is 50.9 Å². The van der Waals surface area contributed by atoms with Gasteiger partial charge in [-0.25, -0.2) is 9.97 Å². The molecule has 7 heteroatoms. The van der Waals surface area contributed by atoms with Crippen LogP contribution in [0.5, 0.6) is 0 Å². The Labute approximate surface area is 146 Å². The van der Waals surface area contributed by atoms with Gasteiger partial charge in [0.15, 0.2) is 5.65 Å². The SMILES string of the molecule is CC(C)n1cnc2cc(C(=O)N3CCC4(CC3)CNC(=O)C4)cnc21. The number of carbonyl (C=O) groups is 2. The van der Waals surface area contributed by atoms with E-state index in [2.05, 4.69) is 29.1 Å². The fourth-order valence-electron chi connectivity index (χ4n) is 3.89. The van der Waals surface area contributed by atoms with Gasteiger partial charge in [-0.05, 0) is 38.2 Å². The second-order valence-corrected chi connectivity index (χ2v) is 7.56. The number of hydrogen-bond donors (Lipinski definition) is 1. The van der Waals surface area contributed by atoms with Crippen molar-refractivity contribution in [3.8, 4) is 0 Å². The first-order valence-corrected chi connectivity index (χ1v) is 8.86. The molecule has 0 aromatic carbocycles. The van der Waals surface area contributed by atoms with Crippen LogP contribution in [0.15, 0.2) is 18.6 Å². The van der Waals surface area contributed by atoms with Gasteiger partial charge in [0.05, 0.1) is 11.9 Å². The van der Waals surface area contributed by atoms with Gasteiger partial charge in [0, 0.05) is 38.3 Å². The summed E-state index contributed by atoms with van der Waals surface area (Å²) in [6.45, 7) is 6.27. The summed E-state index contributed by atoms with van der Waals surface area (Å²) < 4.78 is 2.00. The van der Waals surface area contributed by atoms with Crippen molar-refractivity contribution in [1.29, 1.82) is 0 Å². The molecule has 132 valence electrons. The third kappa shape index (κ3) is 2.77. The minimum Gasteiger partial charge on any atom is -0.356 e. The third-order valence-corrected chi connectivity index (χ3v) is 5.52. The van der Waals surface area contributed by atoms with Crippen LogP contribution >= 0.6 is 0 Å². The molecular weight excluding hydrogens is 318 g/mol. The maximum Gasteiger partial charge on any atom is 0.255 e.